The Morgan fingerprint density at radius 2 is 2.12 bits per heavy atom. The van der Waals surface area contributed by atoms with Crippen LogP contribution in [0.25, 0.3) is 0 Å². The minimum Gasteiger partial charge on any atom is -0.377 e. The maximum atomic E-state index is 12.6. The predicted molar refractivity (Wildman–Crippen MR) is 102 cm³/mol. The Hall–Kier alpha value is -2.29. The second-order valence-corrected chi connectivity index (χ2v) is 6.68. The number of carbonyl (C=O) groups excluding carboxylic acids is 1. The fraction of sp³-hybridized carbons (Fsp3) is 0.529. The van der Waals surface area contributed by atoms with Gasteiger partial charge in [0.25, 0.3) is 0 Å². The topological polar surface area (TPSA) is 88.3 Å². The molecule has 1 fully saturated rings. The van der Waals surface area contributed by atoms with Crippen LogP contribution in [0.2, 0.25) is 0 Å². The average molecular weight is 380 g/mol. The maximum absolute atomic E-state index is 12.6. The summed E-state index contributed by atoms with van der Waals surface area (Å²) in [7, 11) is 0. The minimum absolute atomic E-state index is 0.0264. The van der Waals surface area contributed by atoms with Gasteiger partial charge >= 0.3 is 12.3 Å². The molecule has 3 atom stereocenters. The zero-order valence-corrected chi connectivity index (χ0v) is 15.8. The second kappa shape index (κ2) is 9.42. The molecule has 1 saturated heterocycles. The maximum Gasteiger partial charge on any atom is 0.415 e. The van der Waals surface area contributed by atoms with Crippen LogP contribution >= 0.6 is 12.6 Å². The van der Waals surface area contributed by atoms with Crippen LogP contribution in [0.3, 0.4) is 0 Å². The number of amides is 1. The van der Waals surface area contributed by atoms with Crippen molar-refractivity contribution in [3.63, 3.8) is 0 Å². The van der Waals surface area contributed by atoms with Gasteiger partial charge in [0, 0.05) is 31.1 Å². The fourth-order valence-corrected chi connectivity index (χ4v) is 3.16. The summed E-state index contributed by atoms with van der Waals surface area (Å²) in [6.07, 6.45) is 0.0390. The van der Waals surface area contributed by atoms with Crippen molar-refractivity contribution in [2.75, 3.05) is 19.6 Å². The number of hydrogen-bond acceptors (Lipinski definition) is 7. The van der Waals surface area contributed by atoms with Gasteiger partial charge in [-0.15, -0.1) is 0 Å². The van der Waals surface area contributed by atoms with E-state index in [9.17, 15) is 14.9 Å². The van der Waals surface area contributed by atoms with Gasteiger partial charge < -0.3 is 4.74 Å². The van der Waals surface area contributed by atoms with E-state index in [-0.39, 0.29) is 11.3 Å². The molecule has 0 N–H and O–H groups in total. The number of thiol groups is 1. The first-order chi connectivity index (χ1) is 12.5. The van der Waals surface area contributed by atoms with Crippen molar-refractivity contribution >= 4 is 24.9 Å². The number of nitro groups is 1. The second-order valence-electron chi connectivity index (χ2n) is 5.94. The van der Waals surface area contributed by atoms with Gasteiger partial charge in [-0.3, -0.25) is 20.0 Å². The molecule has 1 aromatic rings. The lowest BCUT2D eigenvalue weighted by Gasteiger charge is -2.23. The van der Waals surface area contributed by atoms with E-state index in [1.807, 2.05) is 18.9 Å². The van der Waals surface area contributed by atoms with Gasteiger partial charge in [0.15, 0.2) is 0 Å². The van der Waals surface area contributed by atoms with Crippen LogP contribution in [0.5, 0.6) is 0 Å². The van der Waals surface area contributed by atoms with E-state index in [1.54, 1.807) is 36.5 Å². The lowest BCUT2D eigenvalue weighted by atomic mass is 10.2. The van der Waals surface area contributed by atoms with Crippen LogP contribution in [-0.2, 0) is 4.74 Å². The Labute approximate surface area is 158 Å². The largest absolute Gasteiger partial charge is 0.415 e. The summed E-state index contributed by atoms with van der Waals surface area (Å²) in [4.78, 5) is 24.8. The average Bonchev–Trinajstić information content (AvgIpc) is 3.01. The van der Waals surface area contributed by atoms with E-state index in [4.69, 9.17) is 4.74 Å². The molecule has 8 nitrogen and oxygen atoms in total. The minimum atomic E-state index is -1.54. The van der Waals surface area contributed by atoms with E-state index >= 15 is 0 Å². The van der Waals surface area contributed by atoms with Crippen molar-refractivity contribution in [2.45, 2.75) is 37.8 Å². The molecule has 142 valence electrons. The van der Waals surface area contributed by atoms with Crippen molar-refractivity contribution in [3.8, 4) is 0 Å². The zero-order chi connectivity index (χ0) is 19.1. The molecule has 1 aliphatic heterocycles. The third-order valence-corrected chi connectivity index (χ3v) is 4.55. The van der Waals surface area contributed by atoms with Crippen LogP contribution < -0.4 is 0 Å². The normalized spacial score (nSPS) is 21.0. The molecule has 0 spiro atoms. The molecule has 9 heteroatoms. The lowest BCUT2D eigenvalue weighted by Crippen LogP contribution is -2.39. The molecule has 1 unspecified atom stereocenters. The summed E-state index contributed by atoms with van der Waals surface area (Å²) in [6, 6.07) is 7.90. The van der Waals surface area contributed by atoms with E-state index in [0.29, 0.717) is 18.5 Å². The lowest BCUT2D eigenvalue weighted by molar-refractivity contribution is -0.575. The third-order valence-electron chi connectivity index (χ3n) is 4.18. The number of nitrogens with zero attached hydrogens (tertiary/aromatic N) is 4. The van der Waals surface area contributed by atoms with Gasteiger partial charge in [-0.05, 0) is 32.4 Å². The molecule has 0 bridgehead atoms. The van der Waals surface area contributed by atoms with Gasteiger partial charge in [-0.1, -0.05) is 18.2 Å². The Morgan fingerprint density at radius 3 is 2.69 bits per heavy atom. The molecule has 1 aromatic carbocycles. The number of ether oxygens (including phenoxy) is 1. The van der Waals surface area contributed by atoms with E-state index in [2.05, 4.69) is 17.7 Å². The summed E-state index contributed by atoms with van der Waals surface area (Å²) in [5.74, 6) is 0. The van der Waals surface area contributed by atoms with Crippen LogP contribution in [0.4, 0.5) is 4.79 Å². The van der Waals surface area contributed by atoms with Gasteiger partial charge in [0.1, 0.15) is 0 Å². The number of likely N-dealkylation sites (tertiary alicyclic amines) is 1. The quantitative estimate of drug-likeness (QED) is 0.258. The van der Waals surface area contributed by atoms with Gasteiger partial charge in [0.2, 0.25) is 0 Å². The molecule has 1 aliphatic rings. The molecular formula is C17H24N4O4S. The summed E-state index contributed by atoms with van der Waals surface area (Å²) < 4.78 is 5.20. The molecule has 1 heterocycles. The van der Waals surface area contributed by atoms with Crippen LogP contribution in [0, 0.1) is 10.1 Å². The molecular weight excluding hydrogens is 356 g/mol. The number of hydrogen-bond donors (Lipinski definition) is 1. The van der Waals surface area contributed by atoms with E-state index < -0.39 is 17.2 Å². The Bertz CT molecular complexity index is 639. The zero-order valence-electron chi connectivity index (χ0n) is 14.9. The molecule has 0 saturated carbocycles. The standard InChI is InChI=1S/C17H24N4O4S/c1-3-19(4-2)18-11-14-10-15(26)12-20(14)17(22)25-16(21(23)24)13-8-6-5-7-9-13/h5-9,11,14-16,26H,3-4,10,12H2,1-2H3/t14-,15-,16?/m0/s1. The summed E-state index contributed by atoms with van der Waals surface area (Å²) in [5, 5.41) is 17.6. The van der Waals surface area contributed by atoms with Crippen LogP contribution in [0.1, 0.15) is 32.1 Å². The summed E-state index contributed by atoms with van der Waals surface area (Å²) in [5.41, 5.74) is 0.320. The number of rotatable bonds is 7. The molecule has 1 amide bonds. The summed E-state index contributed by atoms with van der Waals surface area (Å²) >= 11 is 4.44. The SMILES string of the molecule is CCN(CC)N=C[C@@H]1C[C@H](S)CN1C(=O)OC(c1ccccc1)[N+](=O)[O-]. The highest BCUT2D eigenvalue weighted by molar-refractivity contribution is 7.81. The smallest absolute Gasteiger partial charge is 0.377 e. The molecule has 2 rings (SSSR count). The predicted octanol–water partition coefficient (Wildman–Crippen LogP) is 2.80. The Morgan fingerprint density at radius 1 is 1.46 bits per heavy atom. The van der Waals surface area contributed by atoms with Crippen molar-refractivity contribution in [3.05, 3.63) is 46.0 Å². The molecule has 26 heavy (non-hydrogen) atoms. The highest BCUT2D eigenvalue weighted by atomic mass is 32.1. The van der Waals surface area contributed by atoms with Crippen molar-refractivity contribution in [1.29, 1.82) is 0 Å². The summed E-state index contributed by atoms with van der Waals surface area (Å²) in [6.45, 7) is 5.85. The number of benzene rings is 1. The van der Waals surface area contributed by atoms with Crippen molar-refractivity contribution in [1.82, 2.24) is 9.91 Å². The van der Waals surface area contributed by atoms with Gasteiger partial charge in [-0.25, -0.2) is 4.79 Å². The Kier molecular flexibility index (Phi) is 7.26. The highest BCUT2D eigenvalue weighted by Gasteiger charge is 2.37. The molecule has 0 radical (unpaired) electrons. The number of carbonyl (C=O) groups is 1. The first-order valence-corrected chi connectivity index (χ1v) is 9.10. The highest BCUT2D eigenvalue weighted by Crippen LogP contribution is 2.25. The van der Waals surface area contributed by atoms with Crippen LogP contribution in [0.15, 0.2) is 35.4 Å². The van der Waals surface area contributed by atoms with E-state index in [1.165, 1.54) is 4.90 Å². The molecule has 0 aliphatic carbocycles. The van der Waals surface area contributed by atoms with Gasteiger partial charge in [0.05, 0.1) is 16.5 Å². The van der Waals surface area contributed by atoms with Crippen LogP contribution in [-0.4, -0.2) is 58.1 Å². The van der Waals surface area contributed by atoms with E-state index in [0.717, 1.165) is 13.1 Å². The van der Waals surface area contributed by atoms with Crippen molar-refractivity contribution < 1.29 is 14.5 Å². The first-order valence-electron chi connectivity index (χ1n) is 8.59. The molecule has 0 aromatic heterocycles. The van der Waals surface area contributed by atoms with Gasteiger partial charge in [-0.2, -0.15) is 17.7 Å². The number of hydrazone groups is 1. The fourth-order valence-electron chi connectivity index (χ4n) is 2.77. The monoisotopic (exact) mass is 380 g/mol. The first kappa shape index (κ1) is 20.0. The van der Waals surface area contributed by atoms with Crippen molar-refractivity contribution in [2.24, 2.45) is 5.10 Å². The third kappa shape index (κ3) is 5.10. The Balaban J connectivity index is 2.11.